The van der Waals surface area contributed by atoms with Crippen molar-refractivity contribution in [1.82, 2.24) is 4.57 Å². The number of rotatable bonds is 1. The predicted octanol–water partition coefficient (Wildman–Crippen LogP) is -0.0525. The summed E-state index contributed by atoms with van der Waals surface area (Å²) in [6, 6.07) is 14.4. The van der Waals surface area contributed by atoms with Crippen LogP contribution >= 0.6 is 0 Å². The molecule has 0 N–H and O–H groups in total. The Morgan fingerprint density at radius 1 is 1.05 bits per heavy atom. The summed E-state index contributed by atoms with van der Waals surface area (Å²) in [6.07, 6.45) is 2.05. The van der Waals surface area contributed by atoms with Gasteiger partial charge < -0.3 is 24.0 Å². The van der Waals surface area contributed by atoms with E-state index in [9.17, 15) is 0 Å². The summed E-state index contributed by atoms with van der Waals surface area (Å²) in [5, 5.41) is 9.08. The van der Waals surface area contributed by atoms with Crippen molar-refractivity contribution >= 4 is 11.0 Å². The number of imidazole rings is 1. The van der Waals surface area contributed by atoms with E-state index in [0.29, 0.717) is 5.56 Å². The first-order valence-corrected chi connectivity index (χ1v) is 6.58. The lowest BCUT2D eigenvalue weighted by molar-refractivity contribution is -0.645. The second kappa shape index (κ2) is 5.86. The van der Waals surface area contributed by atoms with Crippen LogP contribution in [-0.2, 0) is 7.05 Å². The molecule has 3 aromatic rings. The van der Waals surface area contributed by atoms with E-state index in [1.54, 1.807) is 0 Å². The Morgan fingerprint density at radius 3 is 2.48 bits per heavy atom. The Bertz CT molecular complexity index is 856. The van der Waals surface area contributed by atoms with Gasteiger partial charge in [0.2, 0.25) is 6.33 Å². The third kappa shape index (κ3) is 2.66. The lowest BCUT2D eigenvalue weighted by Crippen LogP contribution is -3.00. The van der Waals surface area contributed by atoms with Crippen LogP contribution in [0.1, 0.15) is 16.7 Å². The summed E-state index contributed by atoms with van der Waals surface area (Å²) in [7, 11) is 2.02. The second-order valence-corrected chi connectivity index (χ2v) is 5.18. The lowest BCUT2D eigenvalue weighted by Gasteiger charge is -2.02. The summed E-state index contributed by atoms with van der Waals surface area (Å²) in [5.74, 6) is 0. The SMILES string of the molecule is Cc1ccc(-n2c[n+](C)c3ccc(C#N)cc32)cc1C.[I-]. The van der Waals surface area contributed by atoms with Crippen LogP contribution in [0.15, 0.2) is 42.7 Å². The summed E-state index contributed by atoms with van der Waals surface area (Å²) in [4.78, 5) is 0. The molecular weight excluding hydrogens is 373 g/mol. The Balaban J connectivity index is 0.00000161. The lowest BCUT2D eigenvalue weighted by atomic mass is 10.1. The molecule has 0 spiro atoms. The van der Waals surface area contributed by atoms with Gasteiger partial charge in [0.15, 0.2) is 11.0 Å². The van der Waals surface area contributed by atoms with Crippen molar-refractivity contribution in [1.29, 1.82) is 5.26 Å². The largest absolute Gasteiger partial charge is 1.00 e. The van der Waals surface area contributed by atoms with Crippen LogP contribution in [-0.4, -0.2) is 4.57 Å². The van der Waals surface area contributed by atoms with Gasteiger partial charge in [-0.1, -0.05) is 6.07 Å². The van der Waals surface area contributed by atoms with E-state index in [-0.39, 0.29) is 24.0 Å². The van der Waals surface area contributed by atoms with Crippen LogP contribution in [0.5, 0.6) is 0 Å². The van der Waals surface area contributed by atoms with Crippen molar-refractivity contribution in [2.45, 2.75) is 13.8 Å². The number of halogens is 1. The smallest absolute Gasteiger partial charge is 0.249 e. The summed E-state index contributed by atoms with van der Waals surface area (Å²) in [5.41, 5.74) is 6.52. The Kier molecular flexibility index (Phi) is 4.33. The van der Waals surface area contributed by atoms with Crippen molar-refractivity contribution in [3.8, 4) is 11.8 Å². The third-order valence-electron chi connectivity index (χ3n) is 3.80. The summed E-state index contributed by atoms with van der Waals surface area (Å²) >= 11 is 0. The number of hydrogen-bond donors (Lipinski definition) is 0. The van der Waals surface area contributed by atoms with E-state index < -0.39 is 0 Å². The molecular formula is C17H16IN3. The van der Waals surface area contributed by atoms with Gasteiger partial charge in [0, 0.05) is 6.07 Å². The first-order valence-electron chi connectivity index (χ1n) is 6.58. The quantitative estimate of drug-likeness (QED) is 0.424. The predicted molar refractivity (Wildman–Crippen MR) is 78.6 cm³/mol. The van der Waals surface area contributed by atoms with Gasteiger partial charge in [0.1, 0.15) is 5.69 Å². The van der Waals surface area contributed by atoms with Crippen molar-refractivity contribution in [3.63, 3.8) is 0 Å². The first kappa shape index (κ1) is 15.5. The number of nitrogens with zero attached hydrogens (tertiary/aromatic N) is 3. The molecule has 0 bridgehead atoms. The average molecular weight is 389 g/mol. The monoisotopic (exact) mass is 389 g/mol. The number of nitriles is 1. The molecule has 0 amide bonds. The molecule has 2 aromatic carbocycles. The molecule has 0 aliphatic rings. The molecule has 0 saturated carbocycles. The van der Waals surface area contributed by atoms with Crippen molar-refractivity contribution < 1.29 is 28.5 Å². The molecule has 1 heterocycles. The zero-order valence-electron chi connectivity index (χ0n) is 12.3. The highest BCUT2D eigenvalue weighted by Crippen LogP contribution is 2.20. The fraction of sp³-hybridized carbons (Fsp3) is 0.176. The molecule has 21 heavy (non-hydrogen) atoms. The van der Waals surface area contributed by atoms with Crippen LogP contribution < -0.4 is 28.5 Å². The number of benzene rings is 2. The minimum absolute atomic E-state index is 0. The maximum absolute atomic E-state index is 9.08. The van der Waals surface area contributed by atoms with E-state index in [2.05, 4.69) is 53.6 Å². The normalized spacial score (nSPS) is 10.2. The highest BCUT2D eigenvalue weighted by molar-refractivity contribution is 5.76. The Labute approximate surface area is 141 Å². The maximum Gasteiger partial charge on any atom is 0.249 e. The Hall–Kier alpha value is -1.87. The van der Waals surface area contributed by atoms with Crippen LogP contribution in [0.2, 0.25) is 0 Å². The molecule has 1 aromatic heterocycles. The number of aryl methyl sites for hydroxylation is 3. The van der Waals surface area contributed by atoms with Gasteiger partial charge in [0.05, 0.1) is 18.7 Å². The van der Waals surface area contributed by atoms with E-state index >= 15 is 0 Å². The topological polar surface area (TPSA) is 32.6 Å². The number of aromatic nitrogens is 2. The fourth-order valence-corrected chi connectivity index (χ4v) is 2.46. The molecule has 0 aliphatic carbocycles. The van der Waals surface area contributed by atoms with Crippen LogP contribution in [0.3, 0.4) is 0 Å². The van der Waals surface area contributed by atoms with Crippen LogP contribution in [0.25, 0.3) is 16.7 Å². The van der Waals surface area contributed by atoms with Gasteiger partial charge >= 0.3 is 0 Å². The molecule has 3 nitrogen and oxygen atoms in total. The average Bonchev–Trinajstić information content (AvgIpc) is 2.78. The summed E-state index contributed by atoms with van der Waals surface area (Å²) < 4.78 is 4.20. The molecule has 106 valence electrons. The van der Waals surface area contributed by atoms with Crippen molar-refractivity contribution in [2.24, 2.45) is 7.05 Å². The fourth-order valence-electron chi connectivity index (χ4n) is 2.46. The van der Waals surface area contributed by atoms with Gasteiger partial charge in [-0.25, -0.2) is 4.57 Å². The highest BCUT2D eigenvalue weighted by Gasteiger charge is 2.16. The number of fused-ring (bicyclic) bond motifs is 1. The minimum Gasteiger partial charge on any atom is -1.00 e. The second-order valence-electron chi connectivity index (χ2n) is 5.18. The molecule has 0 aliphatic heterocycles. The van der Waals surface area contributed by atoms with Gasteiger partial charge in [-0.3, -0.25) is 0 Å². The third-order valence-corrected chi connectivity index (χ3v) is 3.80. The molecule has 0 radical (unpaired) electrons. The van der Waals surface area contributed by atoms with E-state index in [1.165, 1.54) is 11.1 Å². The van der Waals surface area contributed by atoms with E-state index in [1.807, 2.05) is 25.2 Å². The van der Waals surface area contributed by atoms with Crippen molar-refractivity contribution in [3.05, 3.63) is 59.4 Å². The van der Waals surface area contributed by atoms with E-state index in [0.717, 1.165) is 16.7 Å². The molecule has 4 heteroatoms. The Morgan fingerprint density at radius 2 is 1.81 bits per heavy atom. The zero-order chi connectivity index (χ0) is 14.3. The maximum atomic E-state index is 9.08. The minimum atomic E-state index is 0. The molecule has 0 fully saturated rings. The standard InChI is InChI=1S/C17H16N3.HI/c1-12-4-6-15(8-13(12)2)20-11-19(3)16-7-5-14(10-18)9-17(16)20;/h4-9,11H,1-3H3;1H/q+1;/p-1. The molecule has 0 atom stereocenters. The molecule has 3 rings (SSSR count). The zero-order valence-corrected chi connectivity index (χ0v) is 14.4. The van der Waals surface area contributed by atoms with Gasteiger partial charge in [-0.05, 0) is 49.2 Å². The van der Waals surface area contributed by atoms with Crippen LogP contribution in [0.4, 0.5) is 0 Å². The molecule has 0 saturated heterocycles. The van der Waals surface area contributed by atoms with E-state index in [4.69, 9.17) is 5.26 Å². The number of hydrogen-bond acceptors (Lipinski definition) is 1. The van der Waals surface area contributed by atoms with Crippen LogP contribution in [0, 0.1) is 25.2 Å². The highest BCUT2D eigenvalue weighted by atomic mass is 127. The summed E-state index contributed by atoms with van der Waals surface area (Å²) in [6.45, 7) is 4.23. The van der Waals surface area contributed by atoms with Gasteiger partial charge in [-0.15, -0.1) is 0 Å². The molecule has 0 unspecified atom stereocenters. The van der Waals surface area contributed by atoms with Crippen molar-refractivity contribution in [2.75, 3.05) is 0 Å². The first-order chi connectivity index (χ1) is 9.60. The van der Waals surface area contributed by atoms with Gasteiger partial charge in [-0.2, -0.15) is 9.83 Å². The van der Waals surface area contributed by atoms with Gasteiger partial charge in [0.25, 0.3) is 0 Å².